The summed E-state index contributed by atoms with van der Waals surface area (Å²) in [6.07, 6.45) is 3.99. The van der Waals surface area contributed by atoms with Gasteiger partial charge < -0.3 is 10.1 Å². The molecule has 3 nitrogen and oxygen atoms in total. The van der Waals surface area contributed by atoms with Gasteiger partial charge in [0.25, 0.3) is 0 Å². The molecule has 2 aliphatic rings. The molecule has 0 amide bonds. The molecule has 1 aliphatic heterocycles. The van der Waals surface area contributed by atoms with E-state index in [2.05, 4.69) is 34.5 Å². The molecule has 2 fully saturated rings. The van der Waals surface area contributed by atoms with E-state index >= 15 is 0 Å². The zero-order chi connectivity index (χ0) is 13.8. The molecule has 0 bridgehead atoms. The van der Waals surface area contributed by atoms with Crippen molar-refractivity contribution in [2.45, 2.75) is 38.4 Å². The highest BCUT2D eigenvalue weighted by molar-refractivity contribution is 5.23. The topological polar surface area (TPSA) is 24.5 Å². The molecular weight excluding hydrogens is 248 g/mol. The summed E-state index contributed by atoms with van der Waals surface area (Å²) in [6, 6.07) is 9.83. The van der Waals surface area contributed by atoms with Crippen LogP contribution in [0.5, 0.6) is 0 Å². The Bertz CT molecular complexity index is 431. The first-order chi connectivity index (χ1) is 9.83. The molecule has 0 radical (unpaired) electrons. The average molecular weight is 274 g/mol. The minimum Gasteiger partial charge on any atom is -0.384 e. The van der Waals surface area contributed by atoms with E-state index in [1.54, 1.807) is 7.11 Å². The second-order valence-electron chi connectivity index (χ2n) is 6.32. The molecule has 1 aromatic rings. The van der Waals surface area contributed by atoms with Crippen LogP contribution in [0.15, 0.2) is 24.3 Å². The van der Waals surface area contributed by atoms with Gasteiger partial charge in [-0.15, -0.1) is 0 Å². The van der Waals surface area contributed by atoms with E-state index in [1.165, 1.54) is 43.5 Å². The second kappa shape index (κ2) is 6.70. The van der Waals surface area contributed by atoms with Crippen molar-refractivity contribution in [1.29, 1.82) is 0 Å². The van der Waals surface area contributed by atoms with E-state index in [0.717, 1.165) is 31.7 Å². The Morgan fingerprint density at radius 3 is 2.90 bits per heavy atom. The van der Waals surface area contributed by atoms with Crippen LogP contribution in [0.2, 0.25) is 0 Å². The zero-order valence-electron chi connectivity index (χ0n) is 12.5. The van der Waals surface area contributed by atoms with Crippen molar-refractivity contribution in [3.63, 3.8) is 0 Å². The zero-order valence-corrected chi connectivity index (χ0v) is 12.5. The molecule has 1 N–H and O–H groups in total. The Labute approximate surface area is 122 Å². The third-order valence-electron chi connectivity index (χ3n) is 4.34. The normalized spacial score (nSPS) is 23.4. The number of benzene rings is 1. The molecular formula is C17H26N2O. The van der Waals surface area contributed by atoms with Crippen LogP contribution in [0, 0.1) is 5.92 Å². The van der Waals surface area contributed by atoms with Gasteiger partial charge in [-0.3, -0.25) is 4.90 Å². The van der Waals surface area contributed by atoms with Crippen molar-refractivity contribution in [3.05, 3.63) is 35.4 Å². The monoisotopic (exact) mass is 274 g/mol. The van der Waals surface area contributed by atoms with Crippen LogP contribution in [0.25, 0.3) is 0 Å². The van der Waals surface area contributed by atoms with Gasteiger partial charge in [-0.1, -0.05) is 24.3 Å². The summed E-state index contributed by atoms with van der Waals surface area (Å²) in [6.45, 7) is 5.39. The molecule has 1 aromatic carbocycles. The number of rotatable bonds is 7. The highest BCUT2D eigenvalue weighted by atomic mass is 16.5. The first-order valence-electron chi connectivity index (χ1n) is 7.86. The number of likely N-dealkylation sites (tertiary alicyclic amines) is 1. The standard InChI is InChI=1S/C17H26N2O/c1-20-13-16-7-8-19(12-16)11-15-4-2-3-14(9-15)10-18-17-5-6-17/h2-4,9,16-18H,5-8,10-13H2,1H3. The number of methoxy groups -OCH3 is 1. The van der Waals surface area contributed by atoms with Crippen LogP contribution in [0.4, 0.5) is 0 Å². The first-order valence-corrected chi connectivity index (χ1v) is 7.86. The van der Waals surface area contributed by atoms with Crippen LogP contribution < -0.4 is 5.32 Å². The Morgan fingerprint density at radius 1 is 1.25 bits per heavy atom. The molecule has 1 saturated carbocycles. The summed E-state index contributed by atoms with van der Waals surface area (Å²) in [4.78, 5) is 2.55. The molecule has 1 unspecified atom stereocenters. The van der Waals surface area contributed by atoms with E-state index in [4.69, 9.17) is 4.74 Å². The molecule has 110 valence electrons. The van der Waals surface area contributed by atoms with Gasteiger partial charge in [0.15, 0.2) is 0 Å². The highest BCUT2D eigenvalue weighted by Crippen LogP contribution is 2.21. The SMILES string of the molecule is COCC1CCN(Cc2cccc(CNC3CC3)c2)C1. The maximum atomic E-state index is 5.27. The largest absolute Gasteiger partial charge is 0.384 e. The molecule has 0 spiro atoms. The Morgan fingerprint density at radius 2 is 2.10 bits per heavy atom. The minimum atomic E-state index is 0.722. The summed E-state index contributed by atoms with van der Waals surface area (Å²) in [5.74, 6) is 0.722. The minimum absolute atomic E-state index is 0.722. The lowest BCUT2D eigenvalue weighted by Gasteiger charge is -2.16. The van der Waals surface area contributed by atoms with Crippen LogP contribution in [-0.4, -0.2) is 37.7 Å². The Balaban J connectivity index is 1.50. The summed E-state index contributed by atoms with van der Waals surface area (Å²) in [5.41, 5.74) is 2.86. The lowest BCUT2D eigenvalue weighted by molar-refractivity contribution is 0.152. The predicted octanol–water partition coefficient (Wildman–Crippen LogP) is 2.41. The smallest absolute Gasteiger partial charge is 0.0503 e. The number of hydrogen-bond donors (Lipinski definition) is 1. The van der Waals surface area contributed by atoms with E-state index in [-0.39, 0.29) is 0 Å². The Kier molecular flexibility index (Phi) is 4.71. The fourth-order valence-corrected chi connectivity index (χ4v) is 3.07. The van der Waals surface area contributed by atoms with Crippen LogP contribution in [0.1, 0.15) is 30.4 Å². The average Bonchev–Trinajstić information content (AvgIpc) is 3.19. The molecule has 20 heavy (non-hydrogen) atoms. The van der Waals surface area contributed by atoms with E-state index < -0.39 is 0 Å². The van der Waals surface area contributed by atoms with Gasteiger partial charge in [0.2, 0.25) is 0 Å². The quantitative estimate of drug-likeness (QED) is 0.826. The summed E-state index contributed by atoms with van der Waals surface area (Å²) in [7, 11) is 1.80. The van der Waals surface area contributed by atoms with Gasteiger partial charge in [0.05, 0.1) is 6.61 Å². The molecule has 1 atom stereocenters. The van der Waals surface area contributed by atoms with Crippen LogP contribution >= 0.6 is 0 Å². The molecule has 1 aliphatic carbocycles. The van der Waals surface area contributed by atoms with Gasteiger partial charge >= 0.3 is 0 Å². The van der Waals surface area contributed by atoms with E-state index in [9.17, 15) is 0 Å². The van der Waals surface area contributed by atoms with Crippen molar-refractivity contribution in [2.75, 3.05) is 26.8 Å². The Hall–Kier alpha value is -0.900. The number of nitrogens with zero attached hydrogens (tertiary/aromatic N) is 1. The van der Waals surface area contributed by atoms with Crippen molar-refractivity contribution < 1.29 is 4.74 Å². The van der Waals surface area contributed by atoms with Gasteiger partial charge in [0, 0.05) is 32.8 Å². The highest BCUT2D eigenvalue weighted by Gasteiger charge is 2.22. The van der Waals surface area contributed by atoms with Crippen LogP contribution in [0.3, 0.4) is 0 Å². The van der Waals surface area contributed by atoms with Gasteiger partial charge in [-0.25, -0.2) is 0 Å². The fourth-order valence-electron chi connectivity index (χ4n) is 3.07. The summed E-state index contributed by atoms with van der Waals surface area (Å²) >= 11 is 0. The first kappa shape index (κ1) is 14.1. The van der Waals surface area contributed by atoms with E-state index in [1.807, 2.05) is 0 Å². The van der Waals surface area contributed by atoms with Crippen molar-refractivity contribution in [1.82, 2.24) is 10.2 Å². The lowest BCUT2D eigenvalue weighted by atomic mass is 10.1. The van der Waals surface area contributed by atoms with Gasteiger partial charge in [-0.2, -0.15) is 0 Å². The van der Waals surface area contributed by atoms with Gasteiger partial charge in [0.1, 0.15) is 0 Å². The van der Waals surface area contributed by atoms with Crippen molar-refractivity contribution in [2.24, 2.45) is 5.92 Å². The number of nitrogens with one attached hydrogen (secondary N) is 1. The molecule has 3 heteroatoms. The lowest BCUT2D eigenvalue weighted by Crippen LogP contribution is -2.21. The number of ether oxygens (including phenoxy) is 1. The summed E-state index contributed by atoms with van der Waals surface area (Å²) < 4.78 is 5.27. The van der Waals surface area contributed by atoms with E-state index in [0.29, 0.717) is 0 Å². The van der Waals surface area contributed by atoms with Crippen LogP contribution in [-0.2, 0) is 17.8 Å². The molecule has 0 aromatic heterocycles. The number of hydrogen-bond acceptors (Lipinski definition) is 3. The maximum Gasteiger partial charge on any atom is 0.0503 e. The summed E-state index contributed by atoms with van der Waals surface area (Å²) in [5, 5.41) is 3.59. The molecule has 1 saturated heterocycles. The van der Waals surface area contributed by atoms with Gasteiger partial charge in [-0.05, 0) is 42.9 Å². The molecule has 3 rings (SSSR count). The second-order valence-corrected chi connectivity index (χ2v) is 6.32. The molecule has 1 heterocycles. The third-order valence-corrected chi connectivity index (χ3v) is 4.34. The fraction of sp³-hybridized carbons (Fsp3) is 0.647. The maximum absolute atomic E-state index is 5.27. The third kappa shape index (κ3) is 4.05. The predicted molar refractivity (Wildman–Crippen MR) is 81.6 cm³/mol. The van der Waals surface area contributed by atoms with Crippen molar-refractivity contribution in [3.8, 4) is 0 Å². The van der Waals surface area contributed by atoms with Crippen molar-refractivity contribution >= 4 is 0 Å².